The van der Waals surface area contributed by atoms with Crippen LogP contribution in [0, 0.1) is 5.92 Å². The molecule has 1 saturated heterocycles. The van der Waals surface area contributed by atoms with E-state index in [-0.39, 0.29) is 6.04 Å². The lowest BCUT2D eigenvalue weighted by Gasteiger charge is -2.36. The van der Waals surface area contributed by atoms with Crippen molar-refractivity contribution < 1.29 is 14.6 Å². The van der Waals surface area contributed by atoms with Gasteiger partial charge in [0.2, 0.25) is 0 Å². The fraction of sp³-hybridized carbons (Fsp3) is 0.667. The molecule has 0 saturated carbocycles. The number of rotatable bonds is 7. The fourth-order valence-corrected chi connectivity index (χ4v) is 3.93. The second-order valence-corrected chi connectivity index (χ2v) is 6.21. The molecule has 3 atom stereocenters. The molecule has 2 rings (SSSR count). The Morgan fingerprint density at radius 2 is 2.35 bits per heavy atom. The largest absolute Gasteiger partial charge is 0.481 e. The van der Waals surface area contributed by atoms with Crippen LogP contribution in [-0.4, -0.2) is 41.8 Å². The van der Waals surface area contributed by atoms with Crippen molar-refractivity contribution in [2.45, 2.75) is 38.8 Å². The smallest absolute Gasteiger partial charge is 0.310 e. The first-order valence-electron chi connectivity index (χ1n) is 7.28. The number of thiophene rings is 1. The van der Waals surface area contributed by atoms with Crippen LogP contribution in [0.2, 0.25) is 0 Å². The molecule has 0 bridgehead atoms. The Bertz CT molecular complexity index is 421. The van der Waals surface area contributed by atoms with Crippen LogP contribution in [0.3, 0.4) is 0 Å². The molecule has 5 heteroatoms. The molecule has 112 valence electrons. The van der Waals surface area contributed by atoms with Gasteiger partial charge in [0.15, 0.2) is 0 Å². The molecule has 0 amide bonds. The van der Waals surface area contributed by atoms with E-state index in [2.05, 4.69) is 36.3 Å². The molecule has 0 aliphatic carbocycles. The maximum absolute atomic E-state index is 11.4. The summed E-state index contributed by atoms with van der Waals surface area (Å²) < 4.78 is 5.45. The van der Waals surface area contributed by atoms with Crippen LogP contribution < -0.4 is 0 Å². The average molecular weight is 297 g/mol. The second kappa shape index (κ2) is 7.20. The number of ether oxygens (including phenoxy) is 1. The third-order valence-electron chi connectivity index (χ3n) is 3.93. The molecular formula is C15H23NO3S. The van der Waals surface area contributed by atoms with Gasteiger partial charge in [-0.05, 0) is 30.8 Å². The Morgan fingerprint density at radius 3 is 2.90 bits per heavy atom. The standard InChI is InChI=1S/C15H23NO3S/c1-3-7-16(12(4-2)14-6-5-8-20-14)13-10-19-9-11(13)15(17)18/h5-6,8,11-13H,3-4,7,9-10H2,1-2H3,(H,17,18). The Labute approximate surface area is 124 Å². The first-order valence-corrected chi connectivity index (χ1v) is 8.16. The summed E-state index contributed by atoms with van der Waals surface area (Å²) in [6.45, 7) is 6.08. The molecule has 0 spiro atoms. The molecule has 1 aliphatic rings. The van der Waals surface area contributed by atoms with Crippen molar-refractivity contribution in [2.24, 2.45) is 5.92 Å². The predicted octanol–water partition coefficient (Wildman–Crippen LogP) is 3.01. The number of nitrogens with zero attached hydrogens (tertiary/aromatic N) is 1. The number of carboxylic acids is 1. The maximum atomic E-state index is 11.4. The number of carbonyl (C=O) groups is 1. The molecule has 0 radical (unpaired) electrons. The highest BCUT2D eigenvalue weighted by Crippen LogP contribution is 2.33. The zero-order valence-corrected chi connectivity index (χ0v) is 12.9. The van der Waals surface area contributed by atoms with Crippen LogP contribution >= 0.6 is 11.3 Å². The van der Waals surface area contributed by atoms with Gasteiger partial charge in [0.25, 0.3) is 0 Å². The third-order valence-corrected chi connectivity index (χ3v) is 4.91. The maximum Gasteiger partial charge on any atom is 0.310 e. The van der Waals surface area contributed by atoms with E-state index in [9.17, 15) is 9.90 Å². The van der Waals surface area contributed by atoms with E-state index in [1.807, 2.05) is 0 Å². The first kappa shape index (κ1) is 15.5. The molecule has 20 heavy (non-hydrogen) atoms. The highest BCUT2D eigenvalue weighted by molar-refractivity contribution is 7.10. The van der Waals surface area contributed by atoms with Gasteiger partial charge < -0.3 is 9.84 Å². The van der Waals surface area contributed by atoms with Gasteiger partial charge >= 0.3 is 5.97 Å². The Balaban J connectivity index is 2.22. The summed E-state index contributed by atoms with van der Waals surface area (Å²) in [6, 6.07) is 4.49. The van der Waals surface area contributed by atoms with Gasteiger partial charge in [-0.15, -0.1) is 11.3 Å². The average Bonchev–Trinajstić information content (AvgIpc) is 3.09. The summed E-state index contributed by atoms with van der Waals surface area (Å²) in [5.41, 5.74) is 0. The number of hydrogen-bond donors (Lipinski definition) is 1. The zero-order valence-electron chi connectivity index (χ0n) is 12.1. The molecule has 2 heterocycles. The van der Waals surface area contributed by atoms with Crippen molar-refractivity contribution in [3.63, 3.8) is 0 Å². The van der Waals surface area contributed by atoms with Crippen molar-refractivity contribution in [3.05, 3.63) is 22.4 Å². The molecule has 1 fully saturated rings. The number of carboxylic acid groups (broad SMARTS) is 1. The minimum absolute atomic E-state index is 0.0144. The van der Waals surface area contributed by atoms with Gasteiger partial charge in [0.1, 0.15) is 0 Å². The highest BCUT2D eigenvalue weighted by atomic mass is 32.1. The van der Waals surface area contributed by atoms with Gasteiger partial charge in [0, 0.05) is 17.0 Å². The zero-order chi connectivity index (χ0) is 14.5. The van der Waals surface area contributed by atoms with Gasteiger partial charge in [-0.2, -0.15) is 0 Å². The summed E-state index contributed by atoms with van der Waals surface area (Å²) in [7, 11) is 0. The molecule has 1 N–H and O–H groups in total. The number of aliphatic carboxylic acids is 1. The summed E-state index contributed by atoms with van der Waals surface area (Å²) in [4.78, 5) is 15.1. The summed E-state index contributed by atoms with van der Waals surface area (Å²) in [5.74, 6) is -1.15. The van der Waals surface area contributed by atoms with Gasteiger partial charge in [-0.3, -0.25) is 9.69 Å². The minimum Gasteiger partial charge on any atom is -0.481 e. The van der Waals surface area contributed by atoms with E-state index in [0.717, 1.165) is 19.4 Å². The van der Waals surface area contributed by atoms with Crippen molar-refractivity contribution in [3.8, 4) is 0 Å². The van der Waals surface area contributed by atoms with Crippen LogP contribution in [-0.2, 0) is 9.53 Å². The van der Waals surface area contributed by atoms with E-state index < -0.39 is 11.9 Å². The van der Waals surface area contributed by atoms with Crippen LogP contribution in [0.25, 0.3) is 0 Å². The molecule has 1 aliphatic heterocycles. The summed E-state index contributed by atoms with van der Waals surface area (Å²) in [5, 5.41) is 11.5. The van der Waals surface area contributed by atoms with Crippen molar-refractivity contribution >= 4 is 17.3 Å². The molecule has 0 aromatic carbocycles. The van der Waals surface area contributed by atoms with E-state index in [1.54, 1.807) is 11.3 Å². The van der Waals surface area contributed by atoms with Crippen LogP contribution in [0.15, 0.2) is 17.5 Å². The van der Waals surface area contributed by atoms with E-state index in [1.165, 1.54) is 4.88 Å². The molecule has 1 aromatic heterocycles. The van der Waals surface area contributed by atoms with E-state index in [4.69, 9.17) is 4.74 Å². The van der Waals surface area contributed by atoms with Crippen LogP contribution in [0.5, 0.6) is 0 Å². The fourth-order valence-electron chi connectivity index (χ4n) is 3.00. The second-order valence-electron chi connectivity index (χ2n) is 5.23. The monoisotopic (exact) mass is 297 g/mol. The molecule has 1 aromatic rings. The summed E-state index contributed by atoms with van der Waals surface area (Å²) >= 11 is 1.75. The van der Waals surface area contributed by atoms with Crippen molar-refractivity contribution in [1.29, 1.82) is 0 Å². The van der Waals surface area contributed by atoms with E-state index in [0.29, 0.717) is 19.3 Å². The van der Waals surface area contributed by atoms with Crippen molar-refractivity contribution in [1.82, 2.24) is 4.90 Å². The Morgan fingerprint density at radius 1 is 1.55 bits per heavy atom. The Kier molecular flexibility index (Phi) is 5.57. The third kappa shape index (κ3) is 3.22. The lowest BCUT2D eigenvalue weighted by atomic mass is 9.98. The lowest BCUT2D eigenvalue weighted by Crippen LogP contribution is -2.45. The van der Waals surface area contributed by atoms with Crippen molar-refractivity contribution in [2.75, 3.05) is 19.8 Å². The molecular weight excluding hydrogens is 274 g/mol. The normalized spacial score (nSPS) is 24.1. The topological polar surface area (TPSA) is 49.8 Å². The minimum atomic E-state index is -0.741. The van der Waals surface area contributed by atoms with Gasteiger partial charge in [0.05, 0.1) is 19.1 Å². The lowest BCUT2D eigenvalue weighted by molar-refractivity contribution is -0.143. The Hall–Kier alpha value is -0.910. The van der Waals surface area contributed by atoms with E-state index >= 15 is 0 Å². The molecule has 3 unspecified atom stereocenters. The SMILES string of the molecule is CCCN(C(CC)c1cccs1)C1COCC1C(=O)O. The van der Waals surface area contributed by atoms with Crippen LogP contribution in [0.1, 0.15) is 37.6 Å². The first-order chi connectivity index (χ1) is 9.69. The van der Waals surface area contributed by atoms with Gasteiger partial charge in [-0.25, -0.2) is 0 Å². The molecule has 4 nitrogen and oxygen atoms in total. The quantitative estimate of drug-likeness (QED) is 0.840. The van der Waals surface area contributed by atoms with Gasteiger partial charge in [-0.1, -0.05) is 19.9 Å². The summed E-state index contributed by atoms with van der Waals surface area (Å²) in [6.07, 6.45) is 2.01. The van der Waals surface area contributed by atoms with Crippen LogP contribution in [0.4, 0.5) is 0 Å². The highest BCUT2D eigenvalue weighted by Gasteiger charge is 2.40. The predicted molar refractivity (Wildman–Crippen MR) is 80.1 cm³/mol. The number of hydrogen-bond acceptors (Lipinski definition) is 4.